The fraction of sp³-hybridized carbons (Fsp3) is 1.00. The van der Waals surface area contributed by atoms with Crippen molar-refractivity contribution in [1.29, 1.82) is 0 Å². The van der Waals surface area contributed by atoms with Gasteiger partial charge in [-0.3, -0.25) is 0 Å². The van der Waals surface area contributed by atoms with Crippen LogP contribution in [0.2, 0.25) is 0 Å². The van der Waals surface area contributed by atoms with Crippen LogP contribution in [-0.2, 0) is 9.47 Å². The van der Waals surface area contributed by atoms with E-state index in [-0.39, 0.29) is 11.7 Å². The molecule has 0 radical (unpaired) electrons. The number of rotatable bonds is 6. The molecule has 1 aliphatic rings. The van der Waals surface area contributed by atoms with Crippen LogP contribution >= 0.6 is 0 Å². The van der Waals surface area contributed by atoms with E-state index in [2.05, 4.69) is 0 Å². The van der Waals surface area contributed by atoms with Crippen LogP contribution in [0.15, 0.2) is 0 Å². The van der Waals surface area contributed by atoms with Gasteiger partial charge in [-0.25, -0.2) is 0 Å². The number of nitrogens with two attached hydrogens (primary N) is 1. The average Bonchev–Trinajstić information content (AvgIpc) is 2.50. The lowest BCUT2D eigenvalue weighted by atomic mass is 9.94. The summed E-state index contributed by atoms with van der Waals surface area (Å²) in [6.07, 6.45) is 7.67. The van der Waals surface area contributed by atoms with E-state index in [0.29, 0.717) is 19.8 Å². The zero-order valence-corrected chi connectivity index (χ0v) is 10.8. The van der Waals surface area contributed by atoms with E-state index in [1.165, 1.54) is 25.7 Å². The average molecular weight is 229 g/mol. The summed E-state index contributed by atoms with van der Waals surface area (Å²) in [7, 11) is 0. The lowest BCUT2D eigenvalue weighted by Gasteiger charge is -2.31. The fourth-order valence-corrected chi connectivity index (χ4v) is 2.32. The lowest BCUT2D eigenvalue weighted by Crippen LogP contribution is -2.41. The third-order valence-corrected chi connectivity index (χ3v) is 3.33. The zero-order chi connectivity index (χ0) is 11.9. The summed E-state index contributed by atoms with van der Waals surface area (Å²) in [6, 6.07) is 0. The molecule has 16 heavy (non-hydrogen) atoms. The first-order valence-electron chi connectivity index (χ1n) is 6.64. The Morgan fingerprint density at radius 3 is 2.19 bits per heavy atom. The number of hydrogen-bond donors (Lipinski definition) is 1. The fourth-order valence-electron chi connectivity index (χ4n) is 2.32. The molecule has 0 aromatic heterocycles. The van der Waals surface area contributed by atoms with Crippen molar-refractivity contribution >= 4 is 0 Å². The maximum absolute atomic E-state index is 6.00. The molecular weight excluding hydrogens is 202 g/mol. The van der Waals surface area contributed by atoms with Gasteiger partial charge in [0.15, 0.2) is 0 Å². The van der Waals surface area contributed by atoms with E-state index in [0.717, 1.165) is 12.8 Å². The van der Waals surface area contributed by atoms with Crippen LogP contribution in [-0.4, -0.2) is 31.5 Å². The molecule has 3 nitrogen and oxygen atoms in total. The van der Waals surface area contributed by atoms with Gasteiger partial charge in [-0.2, -0.15) is 0 Å². The molecule has 3 heteroatoms. The first-order valence-corrected chi connectivity index (χ1v) is 6.64. The molecule has 0 unspecified atom stereocenters. The highest BCUT2D eigenvalue weighted by molar-refractivity contribution is 4.84. The minimum absolute atomic E-state index is 0.0587. The van der Waals surface area contributed by atoms with Crippen molar-refractivity contribution in [3.05, 3.63) is 0 Å². The quantitative estimate of drug-likeness (QED) is 0.562. The Balaban J connectivity index is 2.28. The van der Waals surface area contributed by atoms with E-state index in [1.54, 1.807) is 0 Å². The van der Waals surface area contributed by atoms with Gasteiger partial charge in [-0.05, 0) is 26.7 Å². The van der Waals surface area contributed by atoms with Gasteiger partial charge in [0.25, 0.3) is 0 Å². The summed E-state index contributed by atoms with van der Waals surface area (Å²) in [6.45, 7) is 6.10. The molecule has 1 fully saturated rings. The maximum atomic E-state index is 6.00. The van der Waals surface area contributed by atoms with Crippen molar-refractivity contribution in [2.75, 3.05) is 19.8 Å². The predicted octanol–water partition coefficient (Wildman–Crippen LogP) is 2.48. The summed E-state index contributed by atoms with van der Waals surface area (Å²) < 4.78 is 11.5. The topological polar surface area (TPSA) is 44.5 Å². The molecule has 0 heterocycles. The van der Waals surface area contributed by atoms with Gasteiger partial charge in [0.05, 0.1) is 24.9 Å². The first kappa shape index (κ1) is 13.9. The highest BCUT2D eigenvalue weighted by Gasteiger charge is 2.30. The van der Waals surface area contributed by atoms with Crippen molar-refractivity contribution in [2.45, 2.75) is 64.1 Å². The monoisotopic (exact) mass is 229 g/mol. The molecule has 0 amide bonds. The van der Waals surface area contributed by atoms with Crippen molar-refractivity contribution in [3.63, 3.8) is 0 Å². The van der Waals surface area contributed by atoms with E-state index in [1.807, 2.05) is 13.8 Å². The van der Waals surface area contributed by atoms with Crippen LogP contribution in [0.25, 0.3) is 0 Å². The summed E-state index contributed by atoms with van der Waals surface area (Å²) in [5.41, 5.74) is 5.83. The van der Waals surface area contributed by atoms with Crippen LogP contribution in [0, 0.1) is 0 Å². The Morgan fingerprint density at radius 1 is 1.06 bits per heavy atom. The SMILES string of the molecule is CC(C)OCCOC1(CN)CCCCCC1. The third-order valence-electron chi connectivity index (χ3n) is 3.33. The summed E-state index contributed by atoms with van der Waals surface area (Å²) in [4.78, 5) is 0. The van der Waals surface area contributed by atoms with Gasteiger partial charge in [-0.15, -0.1) is 0 Å². The molecule has 0 atom stereocenters. The van der Waals surface area contributed by atoms with Crippen LogP contribution < -0.4 is 5.73 Å². The highest BCUT2D eigenvalue weighted by atomic mass is 16.5. The van der Waals surface area contributed by atoms with Crippen molar-refractivity contribution in [1.82, 2.24) is 0 Å². The molecule has 2 N–H and O–H groups in total. The zero-order valence-electron chi connectivity index (χ0n) is 10.8. The summed E-state index contributed by atoms with van der Waals surface area (Å²) >= 11 is 0. The Morgan fingerprint density at radius 2 is 1.69 bits per heavy atom. The molecular formula is C13H27NO2. The molecule has 0 aromatic carbocycles. The van der Waals surface area contributed by atoms with Crippen molar-refractivity contribution < 1.29 is 9.47 Å². The second-order valence-electron chi connectivity index (χ2n) is 5.07. The third kappa shape index (κ3) is 4.81. The highest BCUT2D eigenvalue weighted by Crippen LogP contribution is 2.29. The number of ether oxygens (including phenoxy) is 2. The maximum Gasteiger partial charge on any atom is 0.0805 e. The minimum Gasteiger partial charge on any atom is -0.376 e. The van der Waals surface area contributed by atoms with E-state index in [4.69, 9.17) is 15.2 Å². The Kier molecular flexibility index (Phi) is 6.32. The Bertz CT molecular complexity index is 175. The normalized spacial score (nSPS) is 21.0. The molecule has 96 valence electrons. The van der Waals surface area contributed by atoms with Gasteiger partial charge in [0.1, 0.15) is 0 Å². The summed E-state index contributed by atoms with van der Waals surface area (Å²) in [5.74, 6) is 0. The van der Waals surface area contributed by atoms with Gasteiger partial charge in [0.2, 0.25) is 0 Å². The van der Waals surface area contributed by atoms with E-state index in [9.17, 15) is 0 Å². The smallest absolute Gasteiger partial charge is 0.0805 e. The van der Waals surface area contributed by atoms with Crippen molar-refractivity contribution in [2.24, 2.45) is 5.73 Å². The van der Waals surface area contributed by atoms with Crippen LogP contribution in [0.5, 0.6) is 0 Å². The molecule has 0 saturated heterocycles. The second-order valence-corrected chi connectivity index (χ2v) is 5.07. The van der Waals surface area contributed by atoms with Crippen molar-refractivity contribution in [3.8, 4) is 0 Å². The van der Waals surface area contributed by atoms with Gasteiger partial charge in [0, 0.05) is 6.54 Å². The standard InChI is InChI=1S/C13H27NO2/c1-12(2)15-9-10-16-13(11-14)7-5-3-4-6-8-13/h12H,3-11,14H2,1-2H3. The van der Waals surface area contributed by atoms with Crippen LogP contribution in [0.3, 0.4) is 0 Å². The summed E-state index contributed by atoms with van der Waals surface area (Å²) in [5, 5.41) is 0. The van der Waals surface area contributed by atoms with Gasteiger partial charge in [-0.1, -0.05) is 25.7 Å². The molecule has 1 saturated carbocycles. The van der Waals surface area contributed by atoms with E-state index >= 15 is 0 Å². The second kappa shape index (κ2) is 7.25. The molecule has 0 aliphatic heterocycles. The van der Waals surface area contributed by atoms with Gasteiger partial charge >= 0.3 is 0 Å². The molecule has 1 aliphatic carbocycles. The molecule has 0 spiro atoms. The van der Waals surface area contributed by atoms with Gasteiger partial charge < -0.3 is 15.2 Å². The first-order chi connectivity index (χ1) is 7.68. The Labute approximate surface area is 99.7 Å². The molecule has 0 bridgehead atoms. The number of hydrogen-bond acceptors (Lipinski definition) is 3. The molecule has 0 aromatic rings. The predicted molar refractivity (Wildman–Crippen MR) is 66.5 cm³/mol. The van der Waals surface area contributed by atoms with Crippen LogP contribution in [0.4, 0.5) is 0 Å². The molecule has 1 rings (SSSR count). The van der Waals surface area contributed by atoms with E-state index < -0.39 is 0 Å². The minimum atomic E-state index is -0.0587. The largest absolute Gasteiger partial charge is 0.376 e. The lowest BCUT2D eigenvalue weighted by molar-refractivity contribution is -0.0773. The Hall–Kier alpha value is -0.120. The van der Waals surface area contributed by atoms with Crippen LogP contribution in [0.1, 0.15) is 52.4 Å².